The highest BCUT2D eigenvalue weighted by Crippen LogP contribution is 2.31. The summed E-state index contributed by atoms with van der Waals surface area (Å²) < 4.78 is 19.9. The number of hydrogen-bond donors (Lipinski definition) is 1. The molecule has 7 heteroatoms. The summed E-state index contributed by atoms with van der Waals surface area (Å²) in [5, 5.41) is 2.88. The van der Waals surface area contributed by atoms with Gasteiger partial charge in [-0.05, 0) is 70.1 Å². The number of halogens is 2. The van der Waals surface area contributed by atoms with E-state index >= 15 is 0 Å². The lowest BCUT2D eigenvalue weighted by molar-refractivity contribution is -0.142. The van der Waals surface area contributed by atoms with Crippen molar-refractivity contribution in [3.05, 3.63) is 63.9 Å². The van der Waals surface area contributed by atoms with Gasteiger partial charge in [-0.1, -0.05) is 52.3 Å². The summed E-state index contributed by atoms with van der Waals surface area (Å²) in [4.78, 5) is 27.3. The van der Waals surface area contributed by atoms with Gasteiger partial charge in [-0.15, -0.1) is 0 Å². The number of amides is 2. The number of nitrogens with one attached hydrogen (secondary N) is 1. The zero-order valence-electron chi connectivity index (χ0n) is 20.1. The Bertz CT molecular complexity index is 942. The first-order valence-corrected chi connectivity index (χ1v) is 12.1. The zero-order valence-corrected chi connectivity index (χ0v) is 21.7. The third-order valence-electron chi connectivity index (χ3n) is 5.41. The highest BCUT2D eigenvalue weighted by atomic mass is 79.9. The summed E-state index contributed by atoms with van der Waals surface area (Å²) in [5.74, 6) is -0.356. The molecule has 0 heterocycles. The number of carbonyl (C=O) groups is 2. The van der Waals surface area contributed by atoms with Crippen LogP contribution in [0.2, 0.25) is 0 Å². The number of nitrogens with zero attached hydrogens (tertiary/aromatic N) is 1. The van der Waals surface area contributed by atoms with E-state index in [0.717, 1.165) is 28.4 Å². The first-order chi connectivity index (χ1) is 15.5. The molecule has 0 saturated carbocycles. The van der Waals surface area contributed by atoms with Crippen molar-refractivity contribution in [1.82, 2.24) is 10.2 Å². The molecule has 1 N–H and O–H groups in total. The predicted octanol–water partition coefficient (Wildman–Crippen LogP) is 5.60. The highest BCUT2D eigenvalue weighted by molar-refractivity contribution is 9.10. The summed E-state index contributed by atoms with van der Waals surface area (Å²) in [6.07, 6.45) is 1.83. The van der Waals surface area contributed by atoms with Crippen LogP contribution in [0.3, 0.4) is 0 Å². The van der Waals surface area contributed by atoms with Gasteiger partial charge in [-0.2, -0.15) is 0 Å². The van der Waals surface area contributed by atoms with Crippen molar-refractivity contribution in [3.8, 4) is 5.75 Å². The van der Waals surface area contributed by atoms with Crippen LogP contribution in [0.15, 0.2) is 46.9 Å². The van der Waals surface area contributed by atoms with Gasteiger partial charge >= 0.3 is 0 Å². The molecule has 2 rings (SSSR count). The van der Waals surface area contributed by atoms with E-state index in [4.69, 9.17) is 4.74 Å². The SMILES string of the molecule is CCCCNC(=O)[C@H](C)N(Cc1ccc(F)cc1)C(=O)COc1ccc(C(C)(C)C)cc1Br. The van der Waals surface area contributed by atoms with E-state index in [-0.39, 0.29) is 36.2 Å². The lowest BCUT2D eigenvalue weighted by Crippen LogP contribution is -2.49. The van der Waals surface area contributed by atoms with Crippen LogP contribution < -0.4 is 10.1 Å². The van der Waals surface area contributed by atoms with Crippen molar-refractivity contribution in [3.63, 3.8) is 0 Å². The van der Waals surface area contributed by atoms with Crippen LogP contribution in [0.5, 0.6) is 5.75 Å². The molecule has 0 saturated heterocycles. The summed E-state index contributed by atoms with van der Waals surface area (Å²) in [6.45, 7) is 10.6. The molecule has 0 aliphatic rings. The van der Waals surface area contributed by atoms with Gasteiger partial charge in [0, 0.05) is 13.1 Å². The topological polar surface area (TPSA) is 58.6 Å². The van der Waals surface area contributed by atoms with Crippen molar-refractivity contribution < 1.29 is 18.7 Å². The van der Waals surface area contributed by atoms with Gasteiger partial charge in [0.1, 0.15) is 17.6 Å². The molecule has 0 aromatic heterocycles. The molecule has 0 aliphatic carbocycles. The van der Waals surface area contributed by atoms with Crippen LogP contribution in [0.4, 0.5) is 4.39 Å². The summed E-state index contributed by atoms with van der Waals surface area (Å²) in [7, 11) is 0. The number of hydrogen-bond acceptors (Lipinski definition) is 3. The van der Waals surface area contributed by atoms with Crippen molar-refractivity contribution in [2.75, 3.05) is 13.2 Å². The quantitative estimate of drug-likeness (QED) is 0.415. The Morgan fingerprint density at radius 1 is 1.15 bits per heavy atom. The number of unbranched alkanes of at least 4 members (excludes halogenated alkanes) is 1. The molecule has 0 fully saturated rings. The molecule has 5 nitrogen and oxygen atoms in total. The van der Waals surface area contributed by atoms with Gasteiger partial charge in [-0.25, -0.2) is 4.39 Å². The minimum Gasteiger partial charge on any atom is -0.483 e. The molecule has 0 radical (unpaired) electrons. The van der Waals surface area contributed by atoms with Crippen molar-refractivity contribution >= 4 is 27.7 Å². The van der Waals surface area contributed by atoms with E-state index in [2.05, 4.69) is 42.0 Å². The lowest BCUT2D eigenvalue weighted by atomic mass is 9.87. The minimum atomic E-state index is -0.699. The van der Waals surface area contributed by atoms with Crippen LogP contribution in [-0.4, -0.2) is 35.9 Å². The average molecular weight is 521 g/mol. The molecule has 0 aliphatic heterocycles. The first-order valence-electron chi connectivity index (χ1n) is 11.3. The predicted molar refractivity (Wildman–Crippen MR) is 133 cm³/mol. The number of benzene rings is 2. The second-order valence-corrected chi connectivity index (χ2v) is 10.0. The molecule has 2 aromatic carbocycles. The second kappa shape index (κ2) is 12.2. The molecule has 2 amide bonds. The Hall–Kier alpha value is -2.41. The molecule has 0 unspecified atom stereocenters. The number of carbonyl (C=O) groups excluding carboxylic acids is 2. The van der Waals surface area contributed by atoms with E-state index in [1.54, 1.807) is 19.1 Å². The molecular weight excluding hydrogens is 487 g/mol. The Kier molecular flexibility index (Phi) is 9.89. The van der Waals surface area contributed by atoms with Gasteiger partial charge in [0.15, 0.2) is 6.61 Å². The van der Waals surface area contributed by atoms with E-state index < -0.39 is 6.04 Å². The van der Waals surface area contributed by atoms with E-state index in [1.165, 1.54) is 17.0 Å². The standard InChI is InChI=1S/C26H34BrFN2O3/c1-6-7-14-29-25(32)18(2)30(16-19-8-11-21(28)12-9-19)24(31)17-33-23-13-10-20(15-22(23)27)26(3,4)5/h8-13,15,18H,6-7,14,16-17H2,1-5H3,(H,29,32)/t18-/m0/s1. The average Bonchev–Trinajstić information content (AvgIpc) is 2.76. The van der Waals surface area contributed by atoms with Gasteiger partial charge in [0.25, 0.3) is 5.91 Å². The van der Waals surface area contributed by atoms with Crippen LogP contribution in [-0.2, 0) is 21.5 Å². The minimum absolute atomic E-state index is 0.0105. The maximum absolute atomic E-state index is 13.3. The summed E-state index contributed by atoms with van der Waals surface area (Å²) in [6, 6.07) is 11.0. The normalized spacial score (nSPS) is 12.2. The monoisotopic (exact) mass is 520 g/mol. The molecule has 0 bridgehead atoms. The Morgan fingerprint density at radius 2 is 1.82 bits per heavy atom. The maximum Gasteiger partial charge on any atom is 0.261 e. The fourth-order valence-electron chi connectivity index (χ4n) is 3.21. The first kappa shape index (κ1) is 26.8. The van der Waals surface area contributed by atoms with Gasteiger partial charge in [0.05, 0.1) is 4.47 Å². The van der Waals surface area contributed by atoms with Crippen LogP contribution >= 0.6 is 15.9 Å². The van der Waals surface area contributed by atoms with Gasteiger partial charge in [0.2, 0.25) is 5.91 Å². The highest BCUT2D eigenvalue weighted by Gasteiger charge is 2.26. The molecule has 180 valence electrons. The maximum atomic E-state index is 13.3. The zero-order chi connectivity index (χ0) is 24.6. The molecule has 2 aromatic rings. The lowest BCUT2D eigenvalue weighted by Gasteiger charge is -2.29. The number of ether oxygens (including phenoxy) is 1. The van der Waals surface area contributed by atoms with Gasteiger partial charge < -0.3 is 15.0 Å². The third kappa shape index (κ3) is 8.14. The third-order valence-corrected chi connectivity index (χ3v) is 6.03. The largest absolute Gasteiger partial charge is 0.483 e. The fourth-order valence-corrected chi connectivity index (χ4v) is 3.71. The molecular formula is C26H34BrFN2O3. The Morgan fingerprint density at radius 3 is 2.39 bits per heavy atom. The smallest absolute Gasteiger partial charge is 0.261 e. The Balaban J connectivity index is 2.15. The summed E-state index contributed by atoms with van der Waals surface area (Å²) in [5.41, 5.74) is 1.86. The van der Waals surface area contributed by atoms with Crippen molar-refractivity contribution in [1.29, 1.82) is 0 Å². The van der Waals surface area contributed by atoms with E-state index in [9.17, 15) is 14.0 Å². The van der Waals surface area contributed by atoms with E-state index in [0.29, 0.717) is 12.3 Å². The number of rotatable bonds is 10. The second-order valence-electron chi connectivity index (χ2n) is 9.15. The van der Waals surface area contributed by atoms with Crippen LogP contribution in [0, 0.1) is 5.82 Å². The van der Waals surface area contributed by atoms with Crippen molar-refractivity contribution in [2.24, 2.45) is 0 Å². The van der Waals surface area contributed by atoms with Crippen molar-refractivity contribution in [2.45, 2.75) is 65.5 Å². The molecule has 33 heavy (non-hydrogen) atoms. The van der Waals surface area contributed by atoms with Gasteiger partial charge in [-0.3, -0.25) is 9.59 Å². The molecule has 1 atom stereocenters. The van der Waals surface area contributed by atoms with E-state index in [1.807, 2.05) is 25.1 Å². The fraction of sp³-hybridized carbons (Fsp3) is 0.462. The Labute approximate surface area is 204 Å². The van der Waals surface area contributed by atoms with Crippen LogP contribution in [0.25, 0.3) is 0 Å². The van der Waals surface area contributed by atoms with Crippen LogP contribution in [0.1, 0.15) is 58.6 Å². The molecule has 0 spiro atoms. The summed E-state index contributed by atoms with van der Waals surface area (Å²) >= 11 is 3.53.